The van der Waals surface area contributed by atoms with Gasteiger partial charge in [-0.3, -0.25) is 14.8 Å². The zero-order valence-electron chi connectivity index (χ0n) is 32.9. The molecule has 1 aromatic carbocycles. The first kappa shape index (κ1) is 59.0. The van der Waals surface area contributed by atoms with Crippen LogP contribution in [0, 0.1) is 40.0 Å². The Hall–Kier alpha value is -4.33. The normalized spacial score (nSPS) is 13.8. The summed E-state index contributed by atoms with van der Waals surface area (Å²) in [5, 5.41) is 18.4. The van der Waals surface area contributed by atoms with Crippen molar-refractivity contribution in [2.45, 2.75) is 106 Å². The van der Waals surface area contributed by atoms with E-state index in [1.807, 2.05) is 43.5 Å². The largest absolute Gasteiger partial charge is 0.674 e. The molecule has 4 rings (SSSR count). The van der Waals surface area contributed by atoms with Gasteiger partial charge in [0.1, 0.15) is 0 Å². The number of carboxylic acid groups (broad SMARTS) is 1. The van der Waals surface area contributed by atoms with E-state index in [9.17, 15) is 9.59 Å². The maximum Gasteiger partial charge on any atom is 0.303 e. The molecule has 2 aromatic heterocycles. The summed E-state index contributed by atoms with van der Waals surface area (Å²) in [6.45, 7) is 14.1. The van der Waals surface area contributed by atoms with E-state index in [4.69, 9.17) is 22.4 Å². The predicted molar refractivity (Wildman–Crippen MR) is 230 cm³/mol. The molecule has 8 heteroatoms. The van der Waals surface area contributed by atoms with Crippen LogP contribution in [-0.2, 0) is 37.1 Å². The van der Waals surface area contributed by atoms with Gasteiger partial charge >= 0.3 is 5.97 Å². The Balaban J connectivity index is -0.000000191. The number of benzene rings is 1. The second kappa shape index (κ2) is 38.4. The van der Waals surface area contributed by atoms with Gasteiger partial charge in [-0.05, 0) is 61.6 Å². The molecule has 3 N–H and O–H groups in total. The van der Waals surface area contributed by atoms with Crippen molar-refractivity contribution in [3.05, 3.63) is 141 Å². The molecule has 1 fully saturated rings. The minimum Gasteiger partial charge on any atom is -0.674 e. The number of allylic oxidation sites excluding steroid dienone is 7. The Bertz CT molecular complexity index is 1580. The van der Waals surface area contributed by atoms with E-state index in [1.54, 1.807) is 30.6 Å². The number of terminal acetylenes is 1. The summed E-state index contributed by atoms with van der Waals surface area (Å²) in [5.74, 6) is 3.43. The summed E-state index contributed by atoms with van der Waals surface area (Å²) in [5.41, 5.74) is 12.9. The monoisotopic (exact) mass is 919 g/mol. The Kier molecular flexibility index (Phi) is 41.9. The Morgan fingerprint density at radius 1 is 1.06 bits per heavy atom. The fraction of sp³-hybridized carbons (Fsp3) is 0.370. The van der Waals surface area contributed by atoms with Crippen molar-refractivity contribution < 1.29 is 40.9 Å². The van der Waals surface area contributed by atoms with Crippen LogP contribution in [0.1, 0.15) is 103 Å². The van der Waals surface area contributed by atoms with Gasteiger partial charge in [0.25, 0.3) is 0 Å². The van der Waals surface area contributed by atoms with E-state index in [2.05, 4.69) is 74.4 Å². The average Bonchev–Trinajstić information content (AvgIpc) is 3.13. The number of aromatic nitrogens is 2. The molecular formula is C46H66N3O4Pt-3. The zero-order chi connectivity index (χ0) is 37.6. The number of hydrogen-bond acceptors (Lipinski definition) is 5. The van der Waals surface area contributed by atoms with Crippen molar-refractivity contribution in [2.75, 3.05) is 0 Å². The van der Waals surface area contributed by atoms with Crippen molar-refractivity contribution in [3.63, 3.8) is 0 Å². The summed E-state index contributed by atoms with van der Waals surface area (Å²) in [6, 6.07) is 12.2. The van der Waals surface area contributed by atoms with Crippen LogP contribution < -0.4 is 0 Å². The molecule has 3 aromatic rings. The summed E-state index contributed by atoms with van der Waals surface area (Å²) < 4.78 is 0. The molecule has 0 unspecified atom stereocenters. The number of nitrogens with one attached hydrogen (secondary N) is 1. The molecule has 0 aliphatic heterocycles. The standard InChI is InChI=1S/C14H13N.C10H12O2.C9H9NO2.C7H14N.C3H8.CH4.2CH3.Pt/c1-3-4-6-12-8-9-13-7-5-10-15-14(13)11(12)2;1-3-5-6-9(4-2)7-8-10(11)12;11-7-9(12)4-3-8-2-1-5-10-6-8;1-6-4-2-3-5-7(6)8;1-3-2;;;;/h3-10H,1H2,2H3;1,4-6H,7-8H2,2H3,(H,11,12);1-2,5-6,12H,3-4H2;6-8H,2-5H2,1H3;3H2,1-2H3;1H4;2*1H3;/q;;;-1;;;2*-1;/b6-4-;6-5-,9-4+;;;;;;;/t;;;6-,7-;;;;;/m...0...../s1. The van der Waals surface area contributed by atoms with Crippen LogP contribution in [0.3, 0.4) is 0 Å². The number of aliphatic hydroxyl groups is 1. The second-order valence-corrected chi connectivity index (χ2v) is 11.7. The topological polar surface area (TPSA) is 124 Å². The number of aliphatic hydroxyl groups excluding tert-OH is 1. The molecular weight excluding hydrogens is 854 g/mol. The first-order valence-corrected chi connectivity index (χ1v) is 17.2. The van der Waals surface area contributed by atoms with E-state index in [1.165, 1.54) is 48.1 Å². The van der Waals surface area contributed by atoms with Gasteiger partial charge in [0.2, 0.25) is 0 Å². The third-order valence-corrected chi connectivity index (χ3v) is 7.48. The molecule has 302 valence electrons. The van der Waals surface area contributed by atoms with Gasteiger partial charge in [0.15, 0.2) is 11.7 Å². The molecule has 0 spiro atoms. The summed E-state index contributed by atoms with van der Waals surface area (Å²) in [6.07, 6.45) is 29.1. The van der Waals surface area contributed by atoms with Crippen LogP contribution in [0.15, 0.2) is 103 Å². The minimum absolute atomic E-state index is 0. The Labute approximate surface area is 343 Å². The number of fused-ring (bicyclic) bond motifs is 1. The van der Waals surface area contributed by atoms with Gasteiger partial charge in [-0.1, -0.05) is 139 Å². The molecule has 2 heterocycles. The Morgan fingerprint density at radius 2 is 1.70 bits per heavy atom. The SMILES string of the molecule is C.C#C/C=C\C(=C/C)CCC(=O)O.C=C/C=C\c1ccc2cccnc2c1C.CCC.C[C@H]1CCCC[C@@H]1[NH-].O=C=C(O)CCc1cccnc1.[CH3-].[CH3-].[Pt]. The van der Waals surface area contributed by atoms with E-state index >= 15 is 0 Å². The molecule has 0 amide bonds. The molecule has 7 nitrogen and oxygen atoms in total. The minimum atomic E-state index is -0.788. The number of carbonyl (C=O) groups is 1. The molecule has 1 saturated carbocycles. The number of carbonyl (C=O) groups excluding carboxylic acids is 1. The van der Waals surface area contributed by atoms with Crippen LogP contribution in [0.5, 0.6) is 0 Å². The van der Waals surface area contributed by atoms with Crippen molar-refractivity contribution in [1.82, 2.24) is 9.97 Å². The first-order chi connectivity index (χ1) is 24.1. The smallest absolute Gasteiger partial charge is 0.303 e. The van der Waals surface area contributed by atoms with E-state index in [0.29, 0.717) is 25.2 Å². The number of aliphatic carboxylic acids is 1. The van der Waals surface area contributed by atoms with Gasteiger partial charge in [0.05, 0.1) is 5.52 Å². The fourth-order valence-electron chi connectivity index (χ4n) is 4.57. The van der Waals surface area contributed by atoms with Gasteiger partial charge < -0.3 is 30.8 Å². The number of hydrogen-bond donors (Lipinski definition) is 2. The maximum atomic E-state index is 10.2. The van der Waals surface area contributed by atoms with Gasteiger partial charge in [-0.25, -0.2) is 4.79 Å². The van der Waals surface area contributed by atoms with Crippen LogP contribution in [0.2, 0.25) is 0 Å². The van der Waals surface area contributed by atoms with E-state index < -0.39 is 5.97 Å². The van der Waals surface area contributed by atoms with Crippen LogP contribution in [-0.4, -0.2) is 38.1 Å². The summed E-state index contributed by atoms with van der Waals surface area (Å²) >= 11 is 0. The van der Waals surface area contributed by atoms with Gasteiger partial charge in [0, 0.05) is 57.9 Å². The molecule has 1 aliphatic rings. The van der Waals surface area contributed by atoms with Crippen molar-refractivity contribution in [3.8, 4) is 12.3 Å². The molecule has 2 atom stereocenters. The van der Waals surface area contributed by atoms with Crippen molar-refractivity contribution in [1.29, 1.82) is 0 Å². The number of nitrogens with zero attached hydrogens (tertiary/aromatic N) is 2. The summed E-state index contributed by atoms with van der Waals surface area (Å²) in [4.78, 5) is 28.4. The second-order valence-electron chi connectivity index (χ2n) is 11.7. The van der Waals surface area contributed by atoms with E-state index in [0.717, 1.165) is 23.1 Å². The molecule has 54 heavy (non-hydrogen) atoms. The molecule has 0 bridgehead atoms. The quantitative estimate of drug-likeness (QED) is 0.0724. The number of aryl methyl sites for hydroxylation is 2. The summed E-state index contributed by atoms with van der Waals surface area (Å²) in [7, 11) is 0. The number of carboxylic acids is 1. The van der Waals surface area contributed by atoms with Crippen LogP contribution >= 0.6 is 0 Å². The van der Waals surface area contributed by atoms with Crippen LogP contribution in [0.25, 0.3) is 22.7 Å². The molecule has 0 radical (unpaired) electrons. The average molecular weight is 920 g/mol. The van der Waals surface area contributed by atoms with Gasteiger partial charge in [-0.15, -0.1) is 12.5 Å². The number of pyridine rings is 2. The van der Waals surface area contributed by atoms with Crippen LogP contribution in [0.4, 0.5) is 0 Å². The number of rotatable bonds is 9. The van der Waals surface area contributed by atoms with Crippen molar-refractivity contribution >= 4 is 28.9 Å². The predicted octanol–water partition coefficient (Wildman–Crippen LogP) is 12.6. The molecule has 1 aliphatic carbocycles. The van der Waals surface area contributed by atoms with E-state index in [-0.39, 0.29) is 61.6 Å². The third-order valence-electron chi connectivity index (χ3n) is 7.48. The van der Waals surface area contributed by atoms with Gasteiger partial charge in [-0.2, -0.15) is 0 Å². The fourth-order valence-corrected chi connectivity index (χ4v) is 4.57. The molecule has 0 saturated heterocycles. The maximum absolute atomic E-state index is 10.2. The van der Waals surface area contributed by atoms with Crippen molar-refractivity contribution in [2.24, 2.45) is 5.92 Å². The Morgan fingerprint density at radius 3 is 2.20 bits per heavy atom. The third kappa shape index (κ3) is 28.2. The first-order valence-electron chi connectivity index (χ1n) is 17.2. The zero-order valence-corrected chi connectivity index (χ0v) is 35.2.